The molecular formula is C18H20O4. The van der Waals surface area contributed by atoms with Crippen LogP contribution in [0.4, 0.5) is 0 Å². The third-order valence-corrected chi connectivity index (χ3v) is 4.71. The van der Waals surface area contributed by atoms with Crippen molar-refractivity contribution < 1.29 is 20.4 Å². The van der Waals surface area contributed by atoms with Gasteiger partial charge in [-0.1, -0.05) is 20.8 Å². The highest BCUT2D eigenvalue weighted by molar-refractivity contribution is 5.60. The molecule has 3 rings (SSSR count). The molecule has 0 saturated carbocycles. The molecule has 22 heavy (non-hydrogen) atoms. The summed E-state index contributed by atoms with van der Waals surface area (Å²) in [5.41, 5.74) is 1.56. The maximum Gasteiger partial charge on any atom is 0.123 e. The van der Waals surface area contributed by atoms with Crippen molar-refractivity contribution in [3.8, 4) is 23.0 Å². The minimum Gasteiger partial charge on any atom is -0.508 e. The fourth-order valence-electron chi connectivity index (χ4n) is 4.00. The first-order chi connectivity index (χ1) is 10.1. The van der Waals surface area contributed by atoms with E-state index in [-0.39, 0.29) is 28.4 Å². The number of aromatic hydroxyl groups is 4. The van der Waals surface area contributed by atoms with Crippen LogP contribution in [0.2, 0.25) is 0 Å². The van der Waals surface area contributed by atoms with Gasteiger partial charge in [0.15, 0.2) is 0 Å². The van der Waals surface area contributed by atoms with Crippen LogP contribution in [0.15, 0.2) is 30.3 Å². The number of hydrogen-bond acceptors (Lipinski definition) is 4. The summed E-state index contributed by atoms with van der Waals surface area (Å²) in [5.74, 6) is 0.0661. The summed E-state index contributed by atoms with van der Waals surface area (Å²) >= 11 is 0. The van der Waals surface area contributed by atoms with E-state index < -0.39 is 5.41 Å². The Morgan fingerprint density at radius 3 is 1.91 bits per heavy atom. The monoisotopic (exact) mass is 300 g/mol. The summed E-state index contributed by atoms with van der Waals surface area (Å²) in [4.78, 5) is 0. The fourth-order valence-corrected chi connectivity index (χ4v) is 4.00. The highest BCUT2D eigenvalue weighted by Gasteiger charge is 2.47. The zero-order valence-electron chi connectivity index (χ0n) is 12.9. The first kappa shape index (κ1) is 14.6. The van der Waals surface area contributed by atoms with E-state index in [0.717, 1.165) is 16.7 Å². The summed E-state index contributed by atoms with van der Waals surface area (Å²) in [6.07, 6.45) is 0.690. The number of hydrogen-bond donors (Lipinski definition) is 4. The van der Waals surface area contributed by atoms with Crippen molar-refractivity contribution in [2.45, 2.75) is 38.0 Å². The molecule has 1 aliphatic carbocycles. The van der Waals surface area contributed by atoms with E-state index in [1.54, 1.807) is 18.2 Å². The smallest absolute Gasteiger partial charge is 0.123 e. The topological polar surface area (TPSA) is 80.9 Å². The Bertz CT molecular complexity index is 744. The maximum atomic E-state index is 10.3. The second-order valence-corrected chi connectivity index (χ2v) is 7.02. The summed E-state index contributed by atoms with van der Waals surface area (Å²) in [6, 6.07) is 7.53. The Hall–Kier alpha value is -2.36. The summed E-state index contributed by atoms with van der Waals surface area (Å²) < 4.78 is 0. The maximum absolute atomic E-state index is 10.3. The van der Waals surface area contributed by atoms with Gasteiger partial charge in [0, 0.05) is 23.1 Å². The van der Waals surface area contributed by atoms with Crippen molar-refractivity contribution in [2.75, 3.05) is 0 Å². The number of benzene rings is 2. The van der Waals surface area contributed by atoms with Gasteiger partial charge in [0.2, 0.25) is 0 Å². The molecule has 0 bridgehead atoms. The van der Waals surface area contributed by atoms with Crippen LogP contribution in [0, 0.1) is 0 Å². The predicted octanol–water partition coefficient (Wildman–Crippen LogP) is 3.50. The van der Waals surface area contributed by atoms with Gasteiger partial charge in [-0.2, -0.15) is 0 Å². The third kappa shape index (κ3) is 1.98. The van der Waals surface area contributed by atoms with Crippen LogP contribution in [-0.2, 0) is 10.8 Å². The summed E-state index contributed by atoms with van der Waals surface area (Å²) in [6.45, 7) is 6.07. The minimum atomic E-state index is -0.523. The summed E-state index contributed by atoms with van der Waals surface area (Å²) in [5, 5.41) is 39.7. The van der Waals surface area contributed by atoms with Gasteiger partial charge in [0.25, 0.3) is 0 Å². The standard InChI is InChI=1S/C18H20O4/c1-17(2)9-18(3,10-4-11(19)6-12(20)5-10)14-7-13(21)8-15(22)16(14)17/h4-8,19-22H,9H2,1-3H3. The van der Waals surface area contributed by atoms with Crippen LogP contribution in [0.5, 0.6) is 23.0 Å². The summed E-state index contributed by atoms with van der Waals surface area (Å²) in [7, 11) is 0. The second-order valence-electron chi connectivity index (χ2n) is 7.02. The van der Waals surface area contributed by atoms with E-state index in [1.807, 2.05) is 20.8 Å². The van der Waals surface area contributed by atoms with Crippen molar-refractivity contribution in [3.63, 3.8) is 0 Å². The molecule has 1 atom stereocenters. The molecule has 0 fully saturated rings. The molecule has 1 unspecified atom stereocenters. The lowest BCUT2D eigenvalue weighted by molar-refractivity contribution is 0.401. The molecule has 2 aromatic rings. The van der Waals surface area contributed by atoms with Crippen molar-refractivity contribution >= 4 is 0 Å². The Morgan fingerprint density at radius 2 is 1.32 bits per heavy atom. The van der Waals surface area contributed by atoms with Gasteiger partial charge in [-0.05, 0) is 41.2 Å². The van der Waals surface area contributed by atoms with Crippen LogP contribution in [-0.4, -0.2) is 20.4 Å². The van der Waals surface area contributed by atoms with Gasteiger partial charge in [0.1, 0.15) is 23.0 Å². The van der Waals surface area contributed by atoms with Gasteiger partial charge in [-0.3, -0.25) is 0 Å². The first-order valence-corrected chi connectivity index (χ1v) is 7.24. The molecule has 4 N–H and O–H groups in total. The molecular weight excluding hydrogens is 280 g/mol. The van der Waals surface area contributed by atoms with Crippen molar-refractivity contribution in [2.24, 2.45) is 0 Å². The van der Waals surface area contributed by atoms with E-state index in [2.05, 4.69) is 0 Å². The Balaban J connectivity index is 2.30. The van der Waals surface area contributed by atoms with Crippen molar-refractivity contribution in [1.29, 1.82) is 0 Å². The normalized spacial score (nSPS) is 22.5. The van der Waals surface area contributed by atoms with Gasteiger partial charge < -0.3 is 20.4 Å². The minimum absolute atomic E-state index is 0.00421. The van der Waals surface area contributed by atoms with E-state index in [9.17, 15) is 20.4 Å². The SMILES string of the molecule is CC1(C)CC(C)(c2cc(O)cc(O)c2)c2cc(O)cc(O)c21. The molecule has 0 spiro atoms. The fraction of sp³-hybridized carbons (Fsp3) is 0.333. The molecule has 0 saturated heterocycles. The molecule has 1 aliphatic rings. The number of fused-ring (bicyclic) bond motifs is 1. The molecule has 0 radical (unpaired) electrons. The molecule has 0 aliphatic heterocycles. The van der Waals surface area contributed by atoms with E-state index in [1.165, 1.54) is 12.1 Å². The van der Waals surface area contributed by atoms with Crippen LogP contribution >= 0.6 is 0 Å². The third-order valence-electron chi connectivity index (χ3n) is 4.71. The molecule has 2 aromatic carbocycles. The highest BCUT2D eigenvalue weighted by atomic mass is 16.3. The molecule has 0 amide bonds. The highest BCUT2D eigenvalue weighted by Crippen LogP contribution is 2.56. The largest absolute Gasteiger partial charge is 0.508 e. The van der Waals surface area contributed by atoms with Crippen LogP contribution in [0.1, 0.15) is 43.9 Å². The second kappa shape index (κ2) is 4.32. The molecule has 116 valence electrons. The van der Waals surface area contributed by atoms with E-state index >= 15 is 0 Å². The van der Waals surface area contributed by atoms with Gasteiger partial charge in [-0.15, -0.1) is 0 Å². The molecule has 4 nitrogen and oxygen atoms in total. The number of phenolic OH excluding ortho intramolecular Hbond substituents is 4. The zero-order valence-corrected chi connectivity index (χ0v) is 12.9. The number of rotatable bonds is 1. The molecule has 0 aromatic heterocycles. The average Bonchev–Trinajstić information content (AvgIpc) is 2.56. The average molecular weight is 300 g/mol. The van der Waals surface area contributed by atoms with E-state index in [4.69, 9.17) is 0 Å². The predicted molar refractivity (Wildman–Crippen MR) is 83.6 cm³/mol. The Kier molecular flexibility index (Phi) is 2.86. The lowest BCUT2D eigenvalue weighted by atomic mass is 9.75. The van der Waals surface area contributed by atoms with Crippen molar-refractivity contribution in [1.82, 2.24) is 0 Å². The van der Waals surface area contributed by atoms with Crippen LogP contribution < -0.4 is 0 Å². The Labute approximate surface area is 129 Å². The van der Waals surface area contributed by atoms with Crippen LogP contribution in [0.25, 0.3) is 0 Å². The van der Waals surface area contributed by atoms with Crippen molar-refractivity contribution in [3.05, 3.63) is 47.0 Å². The zero-order chi connectivity index (χ0) is 16.3. The Morgan fingerprint density at radius 1 is 0.773 bits per heavy atom. The lowest BCUT2D eigenvalue weighted by Crippen LogP contribution is -2.23. The number of phenols is 4. The molecule has 4 heteroatoms. The quantitative estimate of drug-likeness (QED) is 0.650. The van der Waals surface area contributed by atoms with E-state index in [0.29, 0.717) is 6.42 Å². The van der Waals surface area contributed by atoms with Gasteiger partial charge >= 0.3 is 0 Å². The van der Waals surface area contributed by atoms with Gasteiger partial charge in [-0.25, -0.2) is 0 Å². The van der Waals surface area contributed by atoms with Gasteiger partial charge in [0.05, 0.1) is 0 Å². The van der Waals surface area contributed by atoms with Crippen LogP contribution in [0.3, 0.4) is 0 Å². The molecule has 0 heterocycles. The lowest BCUT2D eigenvalue weighted by Gasteiger charge is -2.28. The first-order valence-electron chi connectivity index (χ1n) is 7.24.